The molecule has 3 heterocycles. The van der Waals surface area contributed by atoms with Crippen molar-refractivity contribution in [3.05, 3.63) is 39.3 Å². The lowest BCUT2D eigenvalue weighted by Gasteiger charge is -2.32. The van der Waals surface area contributed by atoms with Crippen LogP contribution in [0, 0.1) is 13.8 Å². The van der Waals surface area contributed by atoms with E-state index < -0.39 is 0 Å². The van der Waals surface area contributed by atoms with Crippen molar-refractivity contribution >= 4 is 17.2 Å². The number of carbonyl (C=O) groups is 1. The van der Waals surface area contributed by atoms with Gasteiger partial charge in [0.25, 0.3) is 0 Å². The van der Waals surface area contributed by atoms with Gasteiger partial charge in [0.05, 0.1) is 5.69 Å². The number of fused-ring (bicyclic) bond motifs is 1. The fraction of sp³-hybridized carbons (Fsp3) is 0.529. The summed E-state index contributed by atoms with van der Waals surface area (Å²) in [6, 6.07) is 4.55. The minimum atomic E-state index is 0.0243. The highest BCUT2D eigenvalue weighted by atomic mass is 32.1. The Hall–Kier alpha value is -1.66. The number of nitrogens with zero attached hydrogens (tertiary/aromatic N) is 3. The highest BCUT2D eigenvalue weighted by Crippen LogP contribution is 2.24. The molecule has 23 heavy (non-hydrogen) atoms. The summed E-state index contributed by atoms with van der Waals surface area (Å²) in [5.74, 6) is 0.0243. The van der Waals surface area contributed by atoms with Gasteiger partial charge in [0, 0.05) is 36.2 Å². The summed E-state index contributed by atoms with van der Waals surface area (Å²) in [6.07, 6.45) is 1.12. The zero-order valence-electron chi connectivity index (χ0n) is 14.0. The first kappa shape index (κ1) is 16.2. The molecule has 0 aliphatic carbocycles. The molecule has 0 fully saturated rings. The maximum Gasteiger partial charge on any atom is 0.241 e. The second kappa shape index (κ2) is 6.84. The largest absolute Gasteiger partial charge is 0.353 e. The zero-order valence-corrected chi connectivity index (χ0v) is 14.8. The maximum atomic E-state index is 12.1. The molecule has 1 N–H and O–H groups in total. The van der Waals surface area contributed by atoms with Crippen molar-refractivity contribution in [2.75, 3.05) is 13.1 Å². The Labute approximate surface area is 141 Å². The monoisotopic (exact) mass is 332 g/mol. The molecule has 1 aliphatic heterocycles. The first-order valence-corrected chi connectivity index (χ1v) is 8.98. The highest BCUT2D eigenvalue weighted by molar-refractivity contribution is 7.10. The predicted octanol–water partition coefficient (Wildman–Crippen LogP) is 2.12. The molecule has 1 atom stereocenters. The molecule has 2 aromatic rings. The van der Waals surface area contributed by atoms with Crippen LogP contribution in [0.1, 0.15) is 28.8 Å². The van der Waals surface area contributed by atoms with E-state index in [9.17, 15) is 4.79 Å². The van der Waals surface area contributed by atoms with Gasteiger partial charge in [-0.25, -0.2) is 0 Å². The van der Waals surface area contributed by atoms with E-state index in [0.29, 0.717) is 19.1 Å². The molecule has 6 heteroatoms. The van der Waals surface area contributed by atoms with Crippen LogP contribution in [-0.2, 0) is 24.3 Å². The number of hydrogen-bond donors (Lipinski definition) is 1. The van der Waals surface area contributed by atoms with E-state index in [-0.39, 0.29) is 5.91 Å². The van der Waals surface area contributed by atoms with Gasteiger partial charge in [-0.05, 0) is 50.3 Å². The van der Waals surface area contributed by atoms with Crippen molar-refractivity contribution in [3.63, 3.8) is 0 Å². The van der Waals surface area contributed by atoms with Gasteiger partial charge in [0.2, 0.25) is 5.91 Å². The summed E-state index contributed by atoms with van der Waals surface area (Å²) in [5, 5.41) is 9.55. The number of carbonyl (C=O) groups excluding carboxylic acids is 1. The lowest BCUT2D eigenvalue weighted by atomic mass is 10.1. The lowest BCUT2D eigenvalue weighted by molar-refractivity contribution is -0.122. The minimum Gasteiger partial charge on any atom is -0.353 e. The van der Waals surface area contributed by atoms with E-state index in [1.807, 2.05) is 31.3 Å². The van der Waals surface area contributed by atoms with Crippen molar-refractivity contribution < 1.29 is 4.79 Å². The average molecular weight is 332 g/mol. The Bertz CT molecular complexity index is 691. The van der Waals surface area contributed by atoms with Gasteiger partial charge in [-0.2, -0.15) is 5.10 Å². The topological polar surface area (TPSA) is 50.2 Å². The first-order valence-electron chi connectivity index (χ1n) is 8.10. The van der Waals surface area contributed by atoms with Gasteiger partial charge in [-0.1, -0.05) is 0 Å². The molecule has 0 saturated heterocycles. The van der Waals surface area contributed by atoms with Gasteiger partial charge >= 0.3 is 0 Å². The van der Waals surface area contributed by atoms with Crippen LogP contribution < -0.4 is 5.32 Å². The lowest BCUT2D eigenvalue weighted by Crippen LogP contribution is -2.44. The molecule has 0 spiro atoms. The molecule has 0 aromatic carbocycles. The van der Waals surface area contributed by atoms with Crippen molar-refractivity contribution in [2.45, 2.75) is 46.3 Å². The fourth-order valence-electron chi connectivity index (χ4n) is 3.06. The normalized spacial score (nSPS) is 16.1. The van der Waals surface area contributed by atoms with E-state index in [1.54, 1.807) is 4.68 Å². The van der Waals surface area contributed by atoms with Crippen molar-refractivity contribution in [1.29, 1.82) is 0 Å². The molecule has 3 rings (SSSR count). The SMILES string of the molecule is Cc1cc(C)n(CC(=O)NCC(C)N2CCc3sccc3C2)n1. The van der Waals surface area contributed by atoms with Crippen LogP contribution in [0.4, 0.5) is 0 Å². The second-order valence-electron chi connectivity index (χ2n) is 6.33. The number of nitrogens with one attached hydrogen (secondary N) is 1. The fourth-order valence-corrected chi connectivity index (χ4v) is 3.95. The van der Waals surface area contributed by atoms with Crippen LogP contribution in [0.5, 0.6) is 0 Å². The first-order chi connectivity index (χ1) is 11.0. The Morgan fingerprint density at radius 2 is 2.30 bits per heavy atom. The van der Waals surface area contributed by atoms with Crippen molar-refractivity contribution in [2.24, 2.45) is 0 Å². The third kappa shape index (κ3) is 3.82. The summed E-state index contributed by atoms with van der Waals surface area (Å²) >= 11 is 1.86. The maximum absolute atomic E-state index is 12.1. The Morgan fingerprint density at radius 1 is 1.48 bits per heavy atom. The minimum absolute atomic E-state index is 0.0243. The summed E-state index contributed by atoms with van der Waals surface area (Å²) in [7, 11) is 0. The van der Waals surface area contributed by atoms with Gasteiger partial charge < -0.3 is 5.32 Å². The van der Waals surface area contributed by atoms with E-state index in [4.69, 9.17) is 0 Å². The molecular weight excluding hydrogens is 308 g/mol. The van der Waals surface area contributed by atoms with E-state index in [0.717, 1.165) is 30.9 Å². The van der Waals surface area contributed by atoms with Crippen molar-refractivity contribution in [3.8, 4) is 0 Å². The molecule has 0 saturated carbocycles. The third-order valence-electron chi connectivity index (χ3n) is 4.45. The third-order valence-corrected chi connectivity index (χ3v) is 5.47. The number of rotatable bonds is 5. The molecule has 1 aliphatic rings. The zero-order chi connectivity index (χ0) is 16.4. The molecule has 1 unspecified atom stereocenters. The summed E-state index contributed by atoms with van der Waals surface area (Å²) in [6.45, 7) is 9.13. The molecule has 5 nitrogen and oxygen atoms in total. The summed E-state index contributed by atoms with van der Waals surface area (Å²) in [4.78, 5) is 16.1. The van der Waals surface area contributed by atoms with Crippen LogP contribution >= 0.6 is 11.3 Å². The Kier molecular flexibility index (Phi) is 4.82. The molecule has 0 bridgehead atoms. The van der Waals surface area contributed by atoms with Crippen LogP contribution in [0.2, 0.25) is 0 Å². The Morgan fingerprint density at radius 3 is 3.04 bits per heavy atom. The molecule has 1 amide bonds. The van der Waals surface area contributed by atoms with Gasteiger partial charge in [-0.3, -0.25) is 14.4 Å². The van der Waals surface area contributed by atoms with Crippen LogP contribution in [-0.4, -0.2) is 39.7 Å². The predicted molar refractivity (Wildman–Crippen MR) is 92.6 cm³/mol. The van der Waals surface area contributed by atoms with Crippen LogP contribution in [0.3, 0.4) is 0 Å². The molecule has 0 radical (unpaired) electrons. The molecule has 2 aromatic heterocycles. The quantitative estimate of drug-likeness (QED) is 0.912. The second-order valence-corrected chi connectivity index (χ2v) is 7.33. The van der Waals surface area contributed by atoms with E-state index in [1.165, 1.54) is 10.4 Å². The van der Waals surface area contributed by atoms with Crippen LogP contribution in [0.25, 0.3) is 0 Å². The van der Waals surface area contributed by atoms with E-state index in [2.05, 4.69) is 33.7 Å². The Balaban J connectivity index is 1.48. The summed E-state index contributed by atoms with van der Waals surface area (Å²) in [5.41, 5.74) is 3.41. The average Bonchev–Trinajstić information content (AvgIpc) is 3.10. The number of thiophene rings is 1. The van der Waals surface area contributed by atoms with Gasteiger partial charge in [0.15, 0.2) is 0 Å². The van der Waals surface area contributed by atoms with E-state index >= 15 is 0 Å². The molecular formula is C17H24N4OS. The smallest absolute Gasteiger partial charge is 0.241 e. The standard InChI is InChI=1S/C17H24N4OS/c1-12-8-13(2)21(19-12)11-17(22)18-9-14(3)20-6-4-16-15(10-20)5-7-23-16/h5,7-8,14H,4,6,9-11H2,1-3H3,(H,18,22). The highest BCUT2D eigenvalue weighted by Gasteiger charge is 2.21. The van der Waals surface area contributed by atoms with Crippen LogP contribution in [0.15, 0.2) is 17.5 Å². The number of hydrogen-bond acceptors (Lipinski definition) is 4. The van der Waals surface area contributed by atoms with Crippen molar-refractivity contribution in [1.82, 2.24) is 20.0 Å². The number of amides is 1. The number of aryl methyl sites for hydroxylation is 2. The molecule has 124 valence electrons. The summed E-state index contributed by atoms with van der Waals surface area (Å²) < 4.78 is 1.76. The number of aromatic nitrogens is 2. The van der Waals surface area contributed by atoms with Gasteiger partial charge in [0.1, 0.15) is 6.54 Å². The van der Waals surface area contributed by atoms with Gasteiger partial charge in [-0.15, -0.1) is 11.3 Å².